The second-order valence-corrected chi connectivity index (χ2v) is 23.1. The minimum absolute atomic E-state index is 0.0677. The zero-order valence-corrected chi connectivity index (χ0v) is 38.7. The Morgan fingerprint density at radius 1 is 0.708 bits per heavy atom. The number of carboxylic acid groups (broad SMARTS) is 1. The Balaban J connectivity index is 1.03. The summed E-state index contributed by atoms with van der Waals surface area (Å²) in [4.78, 5) is 27.0. The summed E-state index contributed by atoms with van der Waals surface area (Å²) < 4.78 is 35.1. The number of carbonyl (C=O) groups excluding carboxylic acids is 1. The highest BCUT2D eigenvalue weighted by molar-refractivity contribution is 5.79. The molecule has 0 aromatic rings. The van der Waals surface area contributed by atoms with Crippen LogP contribution in [0.4, 0.5) is 0 Å². The maximum absolute atomic E-state index is 14.7. The molecule has 0 radical (unpaired) electrons. The van der Waals surface area contributed by atoms with Crippen molar-refractivity contribution in [2.75, 3.05) is 13.2 Å². The number of allylic oxidation sites excluding steroid dienone is 2. The van der Waals surface area contributed by atoms with E-state index in [1.165, 1.54) is 5.57 Å². The highest BCUT2D eigenvalue weighted by Gasteiger charge is 2.70. The maximum Gasteiger partial charge on any atom is 0.335 e. The van der Waals surface area contributed by atoms with Crippen molar-refractivity contribution in [3.05, 3.63) is 11.6 Å². The van der Waals surface area contributed by atoms with Gasteiger partial charge < -0.3 is 79.5 Å². The van der Waals surface area contributed by atoms with Gasteiger partial charge in [-0.3, -0.25) is 4.79 Å². The van der Waals surface area contributed by atoms with Gasteiger partial charge in [-0.1, -0.05) is 60.1 Å². The third-order valence-electron chi connectivity index (χ3n) is 18.9. The van der Waals surface area contributed by atoms with Crippen LogP contribution in [-0.4, -0.2) is 168 Å². The number of ether oxygens (including phenoxy) is 6. The molecule has 0 aromatic heterocycles. The molecule has 18 heteroatoms. The Morgan fingerprint density at radius 2 is 1.38 bits per heavy atom. The third-order valence-corrected chi connectivity index (χ3v) is 18.9. The first-order valence-electron chi connectivity index (χ1n) is 23.7. The number of hydrogen-bond donors (Lipinski definition) is 10. The minimum Gasteiger partial charge on any atom is -0.479 e. The molecular weight excluding hydrogens is 852 g/mol. The van der Waals surface area contributed by atoms with E-state index >= 15 is 0 Å². The molecule has 0 bridgehead atoms. The van der Waals surface area contributed by atoms with Crippen molar-refractivity contribution in [1.82, 2.24) is 0 Å². The number of rotatable bonds is 8. The number of aliphatic hydroxyl groups is 9. The molecule has 4 saturated carbocycles. The van der Waals surface area contributed by atoms with Crippen molar-refractivity contribution in [2.24, 2.45) is 50.2 Å². The summed E-state index contributed by atoms with van der Waals surface area (Å²) in [6, 6.07) is 0. The fourth-order valence-electron chi connectivity index (χ4n) is 14.7. The van der Waals surface area contributed by atoms with E-state index in [2.05, 4.69) is 54.5 Å². The Morgan fingerprint density at radius 3 is 2.06 bits per heavy atom. The Bertz CT molecular complexity index is 1820. The van der Waals surface area contributed by atoms with Gasteiger partial charge in [-0.2, -0.15) is 0 Å². The fraction of sp³-hybridized carbons (Fsp3) is 0.915. The van der Waals surface area contributed by atoms with E-state index in [1.807, 2.05) is 0 Å². The zero-order chi connectivity index (χ0) is 47.6. The van der Waals surface area contributed by atoms with Gasteiger partial charge in [0, 0.05) is 0 Å². The summed E-state index contributed by atoms with van der Waals surface area (Å²) in [6.45, 7) is 14.9. The van der Waals surface area contributed by atoms with Crippen LogP contribution in [0, 0.1) is 50.2 Å². The number of aliphatic hydroxyl groups excluding tert-OH is 9. The Kier molecular flexibility index (Phi) is 13.1. The van der Waals surface area contributed by atoms with Crippen LogP contribution in [0.2, 0.25) is 0 Å². The molecule has 3 saturated heterocycles. The first-order valence-corrected chi connectivity index (χ1v) is 23.7. The first-order chi connectivity index (χ1) is 30.3. The van der Waals surface area contributed by atoms with Crippen LogP contribution >= 0.6 is 0 Å². The molecule has 18 nitrogen and oxygen atoms in total. The largest absolute Gasteiger partial charge is 0.479 e. The second kappa shape index (κ2) is 17.2. The van der Waals surface area contributed by atoms with Gasteiger partial charge in [-0.05, 0) is 109 Å². The molecule has 3 heterocycles. The molecule has 8 aliphatic rings. The van der Waals surface area contributed by atoms with Gasteiger partial charge in [-0.15, -0.1) is 0 Å². The summed E-state index contributed by atoms with van der Waals surface area (Å²) in [5, 5.41) is 105. The third kappa shape index (κ3) is 7.76. The molecule has 0 spiro atoms. The second-order valence-electron chi connectivity index (χ2n) is 23.1. The van der Waals surface area contributed by atoms with E-state index in [9.17, 15) is 60.7 Å². The lowest BCUT2D eigenvalue weighted by molar-refractivity contribution is -0.357. The zero-order valence-electron chi connectivity index (χ0n) is 38.7. The molecule has 22 atom stereocenters. The normalized spacial score (nSPS) is 52.7. The van der Waals surface area contributed by atoms with Crippen LogP contribution in [0.5, 0.6) is 0 Å². The average Bonchev–Trinajstić information content (AvgIpc) is 3.24. The summed E-state index contributed by atoms with van der Waals surface area (Å²) in [6.07, 6.45) is -13.7. The minimum atomic E-state index is -1.90. The van der Waals surface area contributed by atoms with Crippen LogP contribution < -0.4 is 0 Å². The van der Waals surface area contributed by atoms with E-state index < -0.39 is 128 Å². The number of carboxylic acids is 1. The molecule has 8 rings (SSSR count). The van der Waals surface area contributed by atoms with Crippen molar-refractivity contribution in [3.63, 3.8) is 0 Å². The van der Waals surface area contributed by atoms with E-state index in [4.69, 9.17) is 28.4 Å². The van der Waals surface area contributed by atoms with Crippen molar-refractivity contribution >= 4 is 11.9 Å². The number of fused-ring (bicyclic) bond motifs is 7. The molecule has 7 fully saturated rings. The maximum atomic E-state index is 14.7. The van der Waals surface area contributed by atoms with Crippen LogP contribution in [-0.2, 0) is 38.0 Å². The molecule has 9 unspecified atom stereocenters. The molecule has 3 aliphatic heterocycles. The SMILES string of the molecule is CC1(C)CCC2(C(=O)OC3O[C@@H](CO)[C@H](O)[C@@H](O)[C@@H]3O)CC[C@]3(C)C(=CCC4C5(C)CCC(OC6O[C@H](C(=O)O)[C@@H](O)[C@H](O[C@H]7OC[C@H](O)[C@H](O)[C@H]7O)[C@H]6O)C(C)(C)C5CCC43C)C2C1. The summed E-state index contributed by atoms with van der Waals surface area (Å²) in [5.74, 6) is -1.80. The summed E-state index contributed by atoms with van der Waals surface area (Å²) in [5.41, 5.74) is -0.846. The molecule has 370 valence electrons. The summed E-state index contributed by atoms with van der Waals surface area (Å²) >= 11 is 0. The molecular formula is C47H74O18. The van der Waals surface area contributed by atoms with Gasteiger partial charge in [0.1, 0.15) is 61.0 Å². The lowest BCUT2D eigenvalue weighted by Gasteiger charge is -2.71. The van der Waals surface area contributed by atoms with Crippen LogP contribution in [0.15, 0.2) is 11.6 Å². The van der Waals surface area contributed by atoms with Gasteiger partial charge in [-0.25, -0.2) is 4.79 Å². The van der Waals surface area contributed by atoms with Gasteiger partial charge in [0.25, 0.3) is 0 Å². The van der Waals surface area contributed by atoms with E-state index in [0.717, 1.165) is 44.9 Å². The molecule has 65 heavy (non-hydrogen) atoms. The van der Waals surface area contributed by atoms with Gasteiger partial charge in [0.2, 0.25) is 6.29 Å². The Hall–Kier alpha value is -1.88. The monoisotopic (exact) mass is 926 g/mol. The topological polar surface area (TPSA) is 292 Å². The summed E-state index contributed by atoms with van der Waals surface area (Å²) in [7, 11) is 0. The van der Waals surface area contributed by atoms with Crippen LogP contribution in [0.25, 0.3) is 0 Å². The van der Waals surface area contributed by atoms with Gasteiger partial charge in [0.15, 0.2) is 18.7 Å². The highest BCUT2D eigenvalue weighted by Crippen LogP contribution is 2.76. The molecule has 5 aliphatic carbocycles. The van der Waals surface area contributed by atoms with Crippen molar-refractivity contribution < 1.29 is 89.1 Å². The lowest BCUT2D eigenvalue weighted by atomic mass is 9.33. The standard InChI is InChI=1S/C47H74O18/c1-42(2)14-16-47(41(59)65-39-32(54)30(52)29(51)24(19-48)61-39)17-15-45(6)21(22(47)18-42)8-9-26-44(5)12-11-27(43(3,4)25(44)10-13-46(26,45)7)62-40-34(56)35(33(55)36(64-40)37(57)58)63-38-31(53)28(50)23(49)20-60-38/h8,22-36,38-40,48-56H,9-20H2,1-7H3,(H,57,58)/t22?,23-,24-,25?,26?,27?,28-,29-,30+,31+,32-,33-,34+,35-,36-,38+,39?,40?,44?,45+,46?,47?/m0/s1. The van der Waals surface area contributed by atoms with Gasteiger partial charge in [0.05, 0.1) is 24.7 Å². The average molecular weight is 927 g/mol. The molecule has 0 amide bonds. The fourth-order valence-corrected chi connectivity index (χ4v) is 14.7. The Labute approximate surface area is 380 Å². The molecule has 10 N–H and O–H groups in total. The van der Waals surface area contributed by atoms with E-state index in [-0.39, 0.29) is 39.4 Å². The van der Waals surface area contributed by atoms with E-state index in [0.29, 0.717) is 19.3 Å². The predicted molar refractivity (Wildman–Crippen MR) is 225 cm³/mol. The van der Waals surface area contributed by atoms with Crippen molar-refractivity contribution in [1.29, 1.82) is 0 Å². The van der Waals surface area contributed by atoms with Crippen LogP contribution in [0.3, 0.4) is 0 Å². The number of aliphatic carboxylic acids is 1. The first kappa shape index (κ1) is 49.5. The van der Waals surface area contributed by atoms with Crippen molar-refractivity contribution in [3.8, 4) is 0 Å². The quantitative estimate of drug-likeness (QED) is 0.0918. The molecule has 0 aromatic carbocycles. The van der Waals surface area contributed by atoms with E-state index in [1.54, 1.807) is 0 Å². The van der Waals surface area contributed by atoms with Gasteiger partial charge >= 0.3 is 11.9 Å². The number of carbonyl (C=O) groups is 2. The number of hydrogen-bond acceptors (Lipinski definition) is 17. The predicted octanol–water partition coefficient (Wildman–Crippen LogP) is 0.872. The number of esters is 1. The highest BCUT2D eigenvalue weighted by atomic mass is 16.7. The van der Waals surface area contributed by atoms with Crippen molar-refractivity contribution in [2.45, 2.75) is 205 Å². The van der Waals surface area contributed by atoms with Crippen LogP contribution in [0.1, 0.15) is 113 Å². The lowest BCUT2D eigenvalue weighted by Crippen LogP contribution is -2.67. The smallest absolute Gasteiger partial charge is 0.335 e.